The van der Waals surface area contributed by atoms with Gasteiger partial charge in [-0.3, -0.25) is 0 Å². The second kappa shape index (κ2) is 9.06. The Morgan fingerprint density at radius 1 is 1.18 bits per heavy atom. The van der Waals surface area contributed by atoms with Crippen molar-refractivity contribution >= 4 is 6.09 Å². The van der Waals surface area contributed by atoms with Crippen LogP contribution in [0.2, 0.25) is 0 Å². The number of amides is 1. The van der Waals surface area contributed by atoms with Crippen molar-refractivity contribution in [3.05, 3.63) is 65.5 Å². The monoisotopic (exact) mass is 462 g/mol. The van der Waals surface area contributed by atoms with Crippen LogP contribution in [-0.2, 0) is 12.7 Å². The SMILES string of the molecule is O=C(O)N1CC[C@H](NCc2cc(-n3nnnc3C(F)(F)F)ccc2O)[C@@H](c2ccccc2)C1. The van der Waals surface area contributed by atoms with Crippen LogP contribution in [-0.4, -0.2) is 60.5 Å². The summed E-state index contributed by atoms with van der Waals surface area (Å²) in [6.45, 7) is 0.814. The normalized spacial score (nSPS) is 18.9. The lowest BCUT2D eigenvalue weighted by Gasteiger charge is -2.38. The second-order valence-corrected chi connectivity index (χ2v) is 7.75. The van der Waals surface area contributed by atoms with E-state index in [1.807, 2.05) is 30.3 Å². The molecule has 0 unspecified atom stereocenters. The van der Waals surface area contributed by atoms with Crippen molar-refractivity contribution in [3.63, 3.8) is 0 Å². The zero-order valence-electron chi connectivity index (χ0n) is 17.3. The molecule has 4 rings (SSSR count). The predicted molar refractivity (Wildman–Crippen MR) is 110 cm³/mol. The molecule has 12 heteroatoms. The number of piperidine rings is 1. The Bertz CT molecular complexity index is 1120. The Morgan fingerprint density at radius 2 is 1.94 bits per heavy atom. The maximum Gasteiger partial charge on any atom is 0.453 e. The Hall–Kier alpha value is -3.67. The average molecular weight is 462 g/mol. The first-order valence-electron chi connectivity index (χ1n) is 10.2. The van der Waals surface area contributed by atoms with Crippen LogP contribution in [0.4, 0.5) is 18.0 Å². The van der Waals surface area contributed by atoms with Crippen LogP contribution in [0.1, 0.15) is 29.3 Å². The molecular formula is C21H21F3N6O3. The van der Waals surface area contributed by atoms with Crippen LogP contribution < -0.4 is 5.32 Å². The predicted octanol–water partition coefficient (Wildman–Crippen LogP) is 3.01. The highest BCUT2D eigenvalue weighted by Gasteiger charge is 2.38. The van der Waals surface area contributed by atoms with Gasteiger partial charge in [0.2, 0.25) is 0 Å². The summed E-state index contributed by atoms with van der Waals surface area (Å²) in [6.07, 6.45) is -5.18. The number of rotatable bonds is 5. The summed E-state index contributed by atoms with van der Waals surface area (Å²) < 4.78 is 40.1. The topological polar surface area (TPSA) is 116 Å². The van der Waals surface area contributed by atoms with E-state index in [0.717, 1.165) is 5.56 Å². The summed E-state index contributed by atoms with van der Waals surface area (Å²) in [7, 11) is 0. The van der Waals surface area contributed by atoms with Gasteiger partial charge in [-0.1, -0.05) is 30.3 Å². The molecule has 0 aliphatic carbocycles. The molecule has 0 saturated carbocycles. The third kappa shape index (κ3) is 4.90. The smallest absolute Gasteiger partial charge is 0.453 e. The van der Waals surface area contributed by atoms with E-state index >= 15 is 0 Å². The molecule has 2 aromatic carbocycles. The van der Waals surface area contributed by atoms with Crippen LogP contribution in [0.25, 0.3) is 5.69 Å². The third-order valence-electron chi connectivity index (χ3n) is 5.70. The number of nitrogens with one attached hydrogen (secondary N) is 1. The Balaban J connectivity index is 1.55. The van der Waals surface area contributed by atoms with Crippen LogP contribution in [0.15, 0.2) is 48.5 Å². The molecule has 1 saturated heterocycles. The molecule has 0 bridgehead atoms. The largest absolute Gasteiger partial charge is 0.508 e. The van der Waals surface area contributed by atoms with Gasteiger partial charge in [-0.2, -0.15) is 17.9 Å². The van der Waals surface area contributed by atoms with Gasteiger partial charge in [0.05, 0.1) is 5.69 Å². The second-order valence-electron chi connectivity index (χ2n) is 7.75. The highest BCUT2D eigenvalue weighted by atomic mass is 19.4. The first-order chi connectivity index (χ1) is 15.7. The summed E-state index contributed by atoms with van der Waals surface area (Å²) in [4.78, 5) is 12.8. The number of carboxylic acid groups (broad SMARTS) is 1. The lowest BCUT2D eigenvalue weighted by Crippen LogP contribution is -2.49. The highest BCUT2D eigenvalue weighted by molar-refractivity contribution is 5.65. The summed E-state index contributed by atoms with van der Waals surface area (Å²) in [5.41, 5.74) is 1.40. The van der Waals surface area contributed by atoms with Crippen molar-refractivity contribution < 1.29 is 28.2 Å². The van der Waals surface area contributed by atoms with E-state index in [1.54, 1.807) is 0 Å². The fourth-order valence-corrected chi connectivity index (χ4v) is 4.03. The fourth-order valence-electron chi connectivity index (χ4n) is 4.03. The number of hydrogen-bond acceptors (Lipinski definition) is 6. The molecule has 33 heavy (non-hydrogen) atoms. The zero-order chi connectivity index (χ0) is 23.6. The minimum atomic E-state index is -4.74. The van der Waals surface area contributed by atoms with Crippen molar-refractivity contribution in [1.29, 1.82) is 0 Å². The van der Waals surface area contributed by atoms with Crippen molar-refractivity contribution in [2.24, 2.45) is 0 Å². The molecule has 1 aliphatic rings. The highest BCUT2D eigenvalue weighted by Crippen LogP contribution is 2.31. The molecule has 174 valence electrons. The molecule has 3 aromatic rings. The van der Waals surface area contributed by atoms with Crippen LogP contribution in [0, 0.1) is 0 Å². The zero-order valence-corrected chi connectivity index (χ0v) is 17.3. The number of hydrogen-bond donors (Lipinski definition) is 3. The van der Waals surface area contributed by atoms with Gasteiger partial charge >= 0.3 is 12.3 Å². The summed E-state index contributed by atoms with van der Waals surface area (Å²) >= 11 is 0. The maximum atomic E-state index is 13.2. The van der Waals surface area contributed by atoms with Gasteiger partial charge in [0.25, 0.3) is 5.82 Å². The average Bonchev–Trinajstić information content (AvgIpc) is 3.30. The summed E-state index contributed by atoms with van der Waals surface area (Å²) in [5.74, 6) is -1.48. The van der Waals surface area contributed by atoms with Crippen molar-refractivity contribution in [3.8, 4) is 11.4 Å². The molecule has 2 atom stereocenters. The number of halogens is 3. The first-order valence-corrected chi connectivity index (χ1v) is 10.2. The van der Waals surface area contributed by atoms with Crippen molar-refractivity contribution in [2.45, 2.75) is 31.1 Å². The van der Waals surface area contributed by atoms with E-state index in [4.69, 9.17) is 0 Å². The van der Waals surface area contributed by atoms with E-state index in [9.17, 15) is 28.2 Å². The molecule has 1 fully saturated rings. The lowest BCUT2D eigenvalue weighted by atomic mass is 9.86. The number of carbonyl (C=O) groups is 1. The van der Waals surface area contributed by atoms with Gasteiger partial charge in [-0.15, -0.1) is 5.10 Å². The van der Waals surface area contributed by atoms with E-state index in [1.165, 1.54) is 23.1 Å². The number of likely N-dealkylation sites (tertiary alicyclic amines) is 1. The molecule has 1 amide bonds. The number of phenols is 1. The summed E-state index contributed by atoms with van der Waals surface area (Å²) in [6, 6.07) is 13.4. The van der Waals surface area contributed by atoms with Crippen LogP contribution in [0.3, 0.4) is 0 Å². The number of tetrazole rings is 1. The molecular weight excluding hydrogens is 441 g/mol. The minimum Gasteiger partial charge on any atom is -0.508 e. The number of nitrogens with zero attached hydrogens (tertiary/aromatic N) is 5. The van der Waals surface area contributed by atoms with Crippen molar-refractivity contribution in [2.75, 3.05) is 13.1 Å². The van der Waals surface area contributed by atoms with Crippen molar-refractivity contribution in [1.82, 2.24) is 30.4 Å². The van der Waals surface area contributed by atoms with E-state index < -0.39 is 18.1 Å². The molecule has 2 heterocycles. The quantitative estimate of drug-likeness (QED) is 0.534. The minimum absolute atomic E-state index is 0.0576. The van der Waals surface area contributed by atoms with Crippen LogP contribution in [0.5, 0.6) is 5.75 Å². The molecule has 0 radical (unpaired) electrons. The Labute approximate surface area is 186 Å². The maximum absolute atomic E-state index is 13.2. The van der Waals surface area contributed by atoms with Gasteiger partial charge in [0.15, 0.2) is 0 Å². The fraction of sp³-hybridized carbons (Fsp3) is 0.333. The number of benzene rings is 2. The molecule has 1 aromatic heterocycles. The molecule has 3 N–H and O–H groups in total. The number of aromatic hydroxyl groups is 1. The number of alkyl halides is 3. The number of phenolic OH excluding ortho intramolecular Hbond substituents is 1. The van der Waals surface area contributed by atoms with Gasteiger partial charge < -0.3 is 20.4 Å². The molecule has 0 spiro atoms. The number of aromatic nitrogens is 4. The standard InChI is InChI=1S/C21H21F3N6O3/c22-21(23,24)19-26-27-28-30(19)15-6-7-18(31)14(10-15)11-25-17-8-9-29(20(32)33)12-16(17)13-4-2-1-3-5-13/h1-7,10,16-17,25,31H,8-9,11-12H2,(H,32,33)/t16-,17+/m1/s1. The van der Waals surface area contributed by atoms with Gasteiger partial charge in [0, 0.05) is 37.2 Å². The van der Waals surface area contributed by atoms with E-state index in [0.29, 0.717) is 29.8 Å². The first kappa shape index (κ1) is 22.5. The van der Waals surface area contributed by atoms with Crippen LogP contribution >= 0.6 is 0 Å². The van der Waals surface area contributed by atoms with Gasteiger partial charge in [-0.05, 0) is 40.6 Å². The molecule has 9 nitrogen and oxygen atoms in total. The Morgan fingerprint density at radius 3 is 2.64 bits per heavy atom. The van der Waals surface area contributed by atoms with Gasteiger partial charge in [0.1, 0.15) is 5.75 Å². The summed E-state index contributed by atoms with van der Waals surface area (Å²) in [5, 5.41) is 32.6. The van der Waals surface area contributed by atoms with Gasteiger partial charge in [-0.25, -0.2) is 4.79 Å². The van der Waals surface area contributed by atoms with E-state index in [-0.39, 0.29) is 29.9 Å². The Kier molecular flexibility index (Phi) is 6.18. The molecule has 1 aliphatic heterocycles. The third-order valence-corrected chi connectivity index (χ3v) is 5.70. The lowest BCUT2D eigenvalue weighted by molar-refractivity contribution is -0.146. The van der Waals surface area contributed by atoms with E-state index in [2.05, 4.69) is 20.8 Å².